The zero-order chi connectivity index (χ0) is 27.8. The number of H-pyrrole nitrogens is 1. The van der Waals surface area contributed by atoms with Crippen molar-refractivity contribution in [2.75, 3.05) is 6.54 Å². The average Bonchev–Trinajstić information content (AvgIpc) is 3.29. The van der Waals surface area contributed by atoms with Crippen molar-refractivity contribution in [2.45, 2.75) is 44.0 Å². The smallest absolute Gasteiger partial charge is 0.326 e. The number of carbonyl (C=O) groups is 4. The summed E-state index contributed by atoms with van der Waals surface area (Å²) in [6.07, 6.45) is 0.538. The predicted octanol–water partition coefficient (Wildman–Crippen LogP) is -0.463. The second-order valence-electron chi connectivity index (χ2n) is 8.94. The molecule has 0 aliphatic rings. The third-order valence-electron chi connectivity index (χ3n) is 5.99. The van der Waals surface area contributed by atoms with E-state index in [1.165, 1.54) is 19.1 Å². The van der Waals surface area contributed by atoms with E-state index in [0.29, 0.717) is 11.1 Å². The number of rotatable bonds is 12. The molecule has 3 aromatic rings. The molecule has 0 fully saturated rings. The number of fused-ring (bicyclic) bond motifs is 1. The van der Waals surface area contributed by atoms with Crippen LogP contribution in [-0.4, -0.2) is 74.8 Å². The van der Waals surface area contributed by atoms with Gasteiger partial charge in [-0.3, -0.25) is 14.4 Å². The van der Waals surface area contributed by atoms with E-state index in [4.69, 9.17) is 5.73 Å². The monoisotopic (exact) mass is 525 g/mol. The SMILES string of the molecule is CC(O)C(N)C(=O)NCC(=O)NC(Cc1ccc(O)cc1)C(=O)NC(Cc1c[nH]c2ccccc12)C(=O)O. The number of aliphatic hydroxyl groups excluding tert-OH is 1. The lowest BCUT2D eigenvalue weighted by atomic mass is 10.0. The minimum absolute atomic E-state index is 0.00173. The topological polar surface area (TPSA) is 207 Å². The second kappa shape index (κ2) is 12.7. The highest BCUT2D eigenvalue weighted by Crippen LogP contribution is 2.19. The number of aliphatic hydroxyl groups is 1. The van der Waals surface area contributed by atoms with Crippen molar-refractivity contribution in [1.29, 1.82) is 0 Å². The molecule has 0 aliphatic heterocycles. The summed E-state index contributed by atoms with van der Waals surface area (Å²) in [7, 11) is 0. The Morgan fingerprint density at radius 1 is 0.947 bits per heavy atom. The molecule has 0 bridgehead atoms. The lowest BCUT2D eigenvalue weighted by Gasteiger charge is -2.22. The summed E-state index contributed by atoms with van der Waals surface area (Å²) in [6.45, 7) is 0.813. The summed E-state index contributed by atoms with van der Waals surface area (Å²) in [6, 6.07) is 9.60. The van der Waals surface area contributed by atoms with E-state index in [0.717, 1.165) is 10.9 Å². The molecule has 12 nitrogen and oxygen atoms in total. The first-order valence-corrected chi connectivity index (χ1v) is 11.9. The van der Waals surface area contributed by atoms with Gasteiger partial charge in [0.25, 0.3) is 0 Å². The van der Waals surface area contributed by atoms with Crippen LogP contribution in [0.3, 0.4) is 0 Å². The van der Waals surface area contributed by atoms with Crippen LogP contribution in [0.25, 0.3) is 10.9 Å². The quantitative estimate of drug-likeness (QED) is 0.155. The zero-order valence-electron chi connectivity index (χ0n) is 20.7. The van der Waals surface area contributed by atoms with E-state index >= 15 is 0 Å². The molecule has 202 valence electrons. The number of nitrogens with one attached hydrogen (secondary N) is 4. The maximum absolute atomic E-state index is 13.2. The normalized spacial score (nSPS) is 14.2. The number of carboxylic acid groups (broad SMARTS) is 1. The highest BCUT2D eigenvalue weighted by Gasteiger charge is 2.28. The van der Waals surface area contributed by atoms with E-state index in [1.54, 1.807) is 18.3 Å². The Bertz CT molecular complexity index is 1290. The van der Waals surface area contributed by atoms with Crippen molar-refractivity contribution in [3.63, 3.8) is 0 Å². The van der Waals surface area contributed by atoms with E-state index < -0.39 is 54.5 Å². The first kappa shape index (κ1) is 28.2. The number of para-hydroxylation sites is 1. The fourth-order valence-electron chi connectivity index (χ4n) is 3.82. The van der Waals surface area contributed by atoms with Crippen LogP contribution in [0.2, 0.25) is 0 Å². The summed E-state index contributed by atoms with van der Waals surface area (Å²) >= 11 is 0. The first-order valence-electron chi connectivity index (χ1n) is 11.9. The summed E-state index contributed by atoms with van der Waals surface area (Å²) in [5.41, 5.74) is 7.66. The number of aromatic hydroxyl groups is 1. The van der Waals surface area contributed by atoms with Gasteiger partial charge in [0.1, 0.15) is 23.9 Å². The van der Waals surface area contributed by atoms with Crippen molar-refractivity contribution < 1.29 is 34.5 Å². The molecular weight excluding hydrogens is 494 g/mol. The third kappa shape index (κ3) is 7.54. The molecule has 0 saturated heterocycles. The Morgan fingerprint density at radius 2 is 1.63 bits per heavy atom. The molecule has 2 aromatic carbocycles. The Hall–Kier alpha value is -4.42. The maximum Gasteiger partial charge on any atom is 0.326 e. The van der Waals surface area contributed by atoms with Gasteiger partial charge in [-0.2, -0.15) is 0 Å². The van der Waals surface area contributed by atoms with Gasteiger partial charge in [-0.05, 0) is 36.2 Å². The largest absolute Gasteiger partial charge is 0.508 e. The fourth-order valence-corrected chi connectivity index (χ4v) is 3.82. The van der Waals surface area contributed by atoms with Crippen LogP contribution in [0.5, 0.6) is 5.75 Å². The molecule has 38 heavy (non-hydrogen) atoms. The van der Waals surface area contributed by atoms with Crippen molar-refractivity contribution in [3.8, 4) is 5.75 Å². The van der Waals surface area contributed by atoms with Crippen molar-refractivity contribution in [1.82, 2.24) is 20.9 Å². The van der Waals surface area contributed by atoms with Crippen molar-refractivity contribution in [2.24, 2.45) is 5.73 Å². The minimum Gasteiger partial charge on any atom is -0.508 e. The van der Waals surface area contributed by atoms with E-state index in [2.05, 4.69) is 20.9 Å². The standard InChI is InChI=1S/C26H31N5O7/c1-14(32)23(27)25(36)29-13-22(34)30-20(10-15-6-8-17(33)9-7-15)24(35)31-21(26(37)38)11-16-12-28-19-5-3-2-4-18(16)19/h2-9,12,14,20-21,23,28,32-33H,10-11,13,27H2,1H3,(H,29,36)(H,30,34)(H,31,35)(H,37,38). The number of aliphatic carboxylic acids is 1. The molecule has 1 heterocycles. The van der Waals surface area contributed by atoms with Crippen LogP contribution in [-0.2, 0) is 32.0 Å². The number of aromatic amines is 1. The average molecular weight is 526 g/mol. The number of phenolic OH excluding ortho intramolecular Hbond substituents is 1. The number of hydrogen-bond donors (Lipinski definition) is 8. The maximum atomic E-state index is 13.2. The number of carbonyl (C=O) groups excluding carboxylic acids is 3. The number of carboxylic acids is 1. The molecule has 4 atom stereocenters. The highest BCUT2D eigenvalue weighted by molar-refractivity contribution is 5.93. The molecule has 0 aliphatic carbocycles. The molecule has 3 amide bonds. The molecule has 12 heteroatoms. The van der Waals surface area contributed by atoms with E-state index in [1.807, 2.05) is 24.3 Å². The molecule has 1 aromatic heterocycles. The van der Waals surface area contributed by atoms with Gasteiger partial charge in [0.2, 0.25) is 17.7 Å². The van der Waals surface area contributed by atoms with Gasteiger partial charge in [-0.15, -0.1) is 0 Å². The van der Waals surface area contributed by atoms with E-state index in [9.17, 15) is 34.5 Å². The molecule has 0 radical (unpaired) electrons. The molecule has 0 spiro atoms. The molecule has 3 rings (SSSR count). The molecule has 0 saturated carbocycles. The lowest BCUT2D eigenvalue weighted by molar-refractivity contribution is -0.142. The Kier molecular flexibility index (Phi) is 9.41. The van der Waals surface area contributed by atoms with Crippen LogP contribution in [0.1, 0.15) is 18.1 Å². The number of nitrogens with two attached hydrogens (primary N) is 1. The van der Waals surface area contributed by atoms with Crippen LogP contribution in [0.15, 0.2) is 54.7 Å². The highest BCUT2D eigenvalue weighted by atomic mass is 16.4. The van der Waals surface area contributed by atoms with Gasteiger partial charge in [-0.1, -0.05) is 30.3 Å². The zero-order valence-corrected chi connectivity index (χ0v) is 20.7. The van der Waals surface area contributed by atoms with Gasteiger partial charge in [0, 0.05) is 29.9 Å². The van der Waals surface area contributed by atoms with Crippen LogP contribution >= 0.6 is 0 Å². The Balaban J connectivity index is 1.73. The summed E-state index contributed by atoms with van der Waals surface area (Å²) in [4.78, 5) is 52.8. The summed E-state index contributed by atoms with van der Waals surface area (Å²) in [5, 5.41) is 36.9. The summed E-state index contributed by atoms with van der Waals surface area (Å²) in [5.74, 6) is -3.46. The van der Waals surface area contributed by atoms with Crippen molar-refractivity contribution >= 4 is 34.6 Å². The van der Waals surface area contributed by atoms with Crippen LogP contribution in [0.4, 0.5) is 0 Å². The number of amides is 3. The number of hydrogen-bond acceptors (Lipinski definition) is 7. The van der Waals surface area contributed by atoms with Crippen molar-refractivity contribution in [3.05, 3.63) is 65.9 Å². The number of phenols is 1. The Morgan fingerprint density at radius 3 is 2.29 bits per heavy atom. The Labute approximate surface area is 218 Å². The fraction of sp³-hybridized carbons (Fsp3) is 0.308. The lowest BCUT2D eigenvalue weighted by Crippen LogP contribution is -2.55. The third-order valence-corrected chi connectivity index (χ3v) is 5.99. The molecular formula is C26H31N5O7. The van der Waals surface area contributed by atoms with Gasteiger partial charge in [0.15, 0.2) is 0 Å². The number of benzene rings is 2. The predicted molar refractivity (Wildman–Crippen MR) is 138 cm³/mol. The summed E-state index contributed by atoms with van der Waals surface area (Å²) < 4.78 is 0. The molecule has 9 N–H and O–H groups in total. The van der Waals surface area contributed by atoms with Gasteiger partial charge < -0.3 is 42.0 Å². The van der Waals surface area contributed by atoms with Gasteiger partial charge in [0.05, 0.1) is 12.6 Å². The van der Waals surface area contributed by atoms with Gasteiger partial charge >= 0.3 is 5.97 Å². The van der Waals surface area contributed by atoms with Crippen LogP contribution in [0, 0.1) is 0 Å². The van der Waals surface area contributed by atoms with Gasteiger partial charge in [-0.25, -0.2) is 4.79 Å². The van der Waals surface area contributed by atoms with E-state index in [-0.39, 0.29) is 18.6 Å². The minimum atomic E-state index is -1.29. The molecule has 4 unspecified atom stereocenters. The first-order chi connectivity index (χ1) is 18.0. The van der Waals surface area contributed by atoms with Crippen LogP contribution < -0.4 is 21.7 Å². The number of aromatic nitrogens is 1. The second-order valence-corrected chi connectivity index (χ2v) is 8.94.